The smallest absolute Gasteiger partial charge is 0.146 e. The summed E-state index contributed by atoms with van der Waals surface area (Å²) in [6.45, 7) is 12.6. The van der Waals surface area contributed by atoms with E-state index < -0.39 is 0 Å². The third-order valence-corrected chi connectivity index (χ3v) is 4.48. The number of hydrogen-bond donors (Lipinski definition) is 1. The van der Waals surface area contributed by atoms with Gasteiger partial charge in [-0.15, -0.1) is 10.2 Å². The summed E-state index contributed by atoms with van der Waals surface area (Å²) < 4.78 is 0. The predicted molar refractivity (Wildman–Crippen MR) is 106 cm³/mol. The van der Waals surface area contributed by atoms with Gasteiger partial charge in [0.25, 0.3) is 0 Å². The van der Waals surface area contributed by atoms with E-state index >= 15 is 0 Å². The van der Waals surface area contributed by atoms with Crippen LogP contribution in [0.4, 0.5) is 11.4 Å². The number of azo groups is 1. The van der Waals surface area contributed by atoms with E-state index in [0.29, 0.717) is 21.4 Å². The van der Waals surface area contributed by atoms with Crippen molar-refractivity contribution in [2.24, 2.45) is 10.2 Å². The Hall–Kier alpha value is -1.58. The lowest BCUT2D eigenvalue weighted by atomic mass is 9.80. The molecule has 0 saturated carbocycles. The SMILES string of the molecule is CC(C)(C)c1cc(/N=N/c2ccc(Cl)cc2Cl)c(O)c(C(C)(C)C)c1. The fourth-order valence-electron chi connectivity index (χ4n) is 2.37. The van der Waals surface area contributed by atoms with Gasteiger partial charge in [-0.3, -0.25) is 0 Å². The zero-order valence-corrected chi connectivity index (χ0v) is 17.0. The third-order valence-electron chi connectivity index (χ3n) is 3.94. The average molecular weight is 379 g/mol. The van der Waals surface area contributed by atoms with E-state index in [1.165, 1.54) is 0 Å². The van der Waals surface area contributed by atoms with E-state index in [-0.39, 0.29) is 16.6 Å². The number of phenols is 1. The molecular formula is C20H24Cl2N2O. The molecule has 0 spiro atoms. The monoisotopic (exact) mass is 378 g/mol. The molecule has 0 radical (unpaired) electrons. The lowest BCUT2D eigenvalue weighted by molar-refractivity contribution is 0.446. The van der Waals surface area contributed by atoms with Gasteiger partial charge in [-0.25, -0.2) is 0 Å². The quantitative estimate of drug-likeness (QED) is 0.534. The molecule has 3 nitrogen and oxygen atoms in total. The largest absolute Gasteiger partial charge is 0.505 e. The Morgan fingerprint density at radius 3 is 1.92 bits per heavy atom. The summed E-state index contributed by atoms with van der Waals surface area (Å²) in [6.07, 6.45) is 0. The minimum absolute atomic E-state index is 0.0735. The topological polar surface area (TPSA) is 45.0 Å². The first-order valence-corrected chi connectivity index (χ1v) is 8.90. The van der Waals surface area contributed by atoms with Crippen molar-refractivity contribution in [1.82, 2.24) is 0 Å². The molecule has 0 amide bonds. The first-order chi connectivity index (χ1) is 11.4. The highest BCUT2D eigenvalue weighted by atomic mass is 35.5. The molecule has 2 aromatic carbocycles. The van der Waals surface area contributed by atoms with E-state index in [2.05, 4.69) is 51.8 Å². The molecule has 5 heteroatoms. The summed E-state index contributed by atoms with van der Waals surface area (Å²) >= 11 is 12.0. The van der Waals surface area contributed by atoms with Crippen LogP contribution >= 0.6 is 23.2 Å². The van der Waals surface area contributed by atoms with Crippen molar-refractivity contribution in [2.45, 2.75) is 52.4 Å². The molecule has 0 aliphatic rings. The first-order valence-electron chi connectivity index (χ1n) is 8.14. The predicted octanol–water partition coefficient (Wildman–Crippen LogP) is 7.71. The number of nitrogens with zero attached hydrogens (tertiary/aromatic N) is 2. The standard InChI is InChI=1S/C20H24Cl2N2O/c1-19(2,3)12-9-14(20(4,5)6)18(25)17(10-12)24-23-16-8-7-13(21)11-15(16)22/h7-11,25H,1-6H3/b24-23+. The van der Waals surface area contributed by atoms with Gasteiger partial charge < -0.3 is 5.11 Å². The van der Waals surface area contributed by atoms with Crippen molar-refractivity contribution in [3.8, 4) is 5.75 Å². The van der Waals surface area contributed by atoms with Gasteiger partial charge in [0, 0.05) is 10.6 Å². The number of aromatic hydroxyl groups is 1. The highest BCUT2D eigenvalue weighted by molar-refractivity contribution is 6.36. The summed E-state index contributed by atoms with van der Waals surface area (Å²) in [5, 5.41) is 20.1. The number of rotatable bonds is 2. The Labute approximate surface area is 159 Å². The normalized spacial score (nSPS) is 12.8. The number of halogens is 2. The Morgan fingerprint density at radius 1 is 0.800 bits per heavy atom. The Morgan fingerprint density at radius 2 is 1.40 bits per heavy atom. The van der Waals surface area contributed by atoms with Gasteiger partial charge in [-0.1, -0.05) is 70.8 Å². The molecule has 2 rings (SSSR count). The molecule has 1 N–H and O–H groups in total. The molecular weight excluding hydrogens is 355 g/mol. The molecule has 25 heavy (non-hydrogen) atoms. The van der Waals surface area contributed by atoms with Crippen LogP contribution in [0, 0.1) is 0 Å². The van der Waals surface area contributed by atoms with Gasteiger partial charge in [0.05, 0.1) is 5.02 Å². The molecule has 0 bridgehead atoms. The average Bonchev–Trinajstić information content (AvgIpc) is 2.45. The van der Waals surface area contributed by atoms with E-state index in [9.17, 15) is 5.11 Å². The minimum atomic E-state index is -0.215. The van der Waals surface area contributed by atoms with Crippen LogP contribution in [0.3, 0.4) is 0 Å². The van der Waals surface area contributed by atoms with Crippen LogP contribution < -0.4 is 0 Å². The molecule has 0 aromatic heterocycles. The van der Waals surface area contributed by atoms with Gasteiger partial charge in [-0.2, -0.15) is 0 Å². The second-order valence-electron chi connectivity index (χ2n) is 8.19. The Bertz CT molecular complexity index is 816. The first kappa shape index (κ1) is 19.7. The maximum atomic E-state index is 10.7. The van der Waals surface area contributed by atoms with Crippen molar-refractivity contribution >= 4 is 34.6 Å². The number of benzene rings is 2. The minimum Gasteiger partial charge on any atom is -0.505 e. The molecule has 0 unspecified atom stereocenters. The summed E-state index contributed by atoms with van der Waals surface area (Å²) in [6, 6.07) is 8.93. The van der Waals surface area contributed by atoms with E-state index in [0.717, 1.165) is 11.1 Å². The van der Waals surface area contributed by atoms with Gasteiger partial charge in [0.1, 0.15) is 17.1 Å². The lowest BCUT2D eigenvalue weighted by Gasteiger charge is -2.26. The van der Waals surface area contributed by atoms with Crippen LogP contribution in [0.2, 0.25) is 10.0 Å². The van der Waals surface area contributed by atoms with Crippen LogP contribution in [-0.2, 0) is 10.8 Å². The molecule has 0 aliphatic heterocycles. The van der Waals surface area contributed by atoms with Crippen molar-refractivity contribution in [3.05, 3.63) is 51.5 Å². The number of hydrogen-bond acceptors (Lipinski definition) is 3. The van der Waals surface area contributed by atoms with Crippen molar-refractivity contribution in [2.75, 3.05) is 0 Å². The summed E-state index contributed by atoms with van der Waals surface area (Å²) in [7, 11) is 0. The fourth-order valence-corrected chi connectivity index (χ4v) is 2.82. The second kappa shape index (κ2) is 6.97. The molecule has 0 aliphatic carbocycles. The Balaban J connectivity index is 2.58. The zero-order valence-electron chi connectivity index (χ0n) is 15.5. The molecule has 0 atom stereocenters. The highest BCUT2D eigenvalue weighted by Crippen LogP contribution is 2.42. The fraction of sp³-hybridized carbons (Fsp3) is 0.400. The van der Waals surface area contributed by atoms with Crippen LogP contribution in [0.5, 0.6) is 5.75 Å². The molecule has 134 valence electrons. The summed E-state index contributed by atoms with van der Waals surface area (Å²) in [5.41, 5.74) is 2.58. The maximum absolute atomic E-state index is 10.7. The van der Waals surface area contributed by atoms with E-state index in [1.807, 2.05) is 12.1 Å². The third kappa shape index (κ3) is 4.74. The van der Waals surface area contributed by atoms with Crippen molar-refractivity contribution in [1.29, 1.82) is 0 Å². The van der Waals surface area contributed by atoms with E-state index in [1.54, 1.807) is 18.2 Å². The Kier molecular flexibility index (Phi) is 5.50. The van der Waals surface area contributed by atoms with Crippen LogP contribution in [0.15, 0.2) is 40.6 Å². The van der Waals surface area contributed by atoms with Gasteiger partial charge in [0.15, 0.2) is 0 Å². The second-order valence-corrected chi connectivity index (χ2v) is 9.03. The highest BCUT2D eigenvalue weighted by Gasteiger charge is 2.25. The molecule has 2 aromatic rings. The lowest BCUT2D eigenvalue weighted by Crippen LogP contribution is -2.16. The number of phenolic OH excluding ortho intramolecular Hbond substituents is 1. The van der Waals surface area contributed by atoms with Gasteiger partial charge in [0.2, 0.25) is 0 Å². The molecule has 0 saturated heterocycles. The maximum Gasteiger partial charge on any atom is 0.146 e. The summed E-state index contributed by atoms with van der Waals surface area (Å²) in [4.78, 5) is 0. The van der Waals surface area contributed by atoms with Crippen LogP contribution in [0.1, 0.15) is 52.7 Å². The zero-order chi connectivity index (χ0) is 19.0. The van der Waals surface area contributed by atoms with Crippen LogP contribution in [0.25, 0.3) is 0 Å². The van der Waals surface area contributed by atoms with Crippen molar-refractivity contribution in [3.63, 3.8) is 0 Å². The van der Waals surface area contributed by atoms with Crippen molar-refractivity contribution < 1.29 is 5.11 Å². The molecule has 0 fully saturated rings. The van der Waals surface area contributed by atoms with E-state index in [4.69, 9.17) is 23.2 Å². The van der Waals surface area contributed by atoms with Gasteiger partial charge in [-0.05, 0) is 40.7 Å². The van der Waals surface area contributed by atoms with Gasteiger partial charge >= 0.3 is 0 Å². The summed E-state index contributed by atoms with van der Waals surface area (Å²) in [5.74, 6) is 0.148. The van der Waals surface area contributed by atoms with Crippen LogP contribution in [-0.4, -0.2) is 5.11 Å². The molecule has 0 heterocycles.